The van der Waals surface area contributed by atoms with Gasteiger partial charge in [-0.15, -0.1) is 0 Å². The first-order chi connectivity index (χ1) is 13.0. The van der Waals surface area contributed by atoms with Gasteiger partial charge in [-0.1, -0.05) is 25.0 Å². The van der Waals surface area contributed by atoms with Crippen LogP contribution in [0, 0.1) is 5.41 Å². The molecule has 1 N–H and O–H groups in total. The molecule has 1 aliphatic heterocycles. The molecule has 148 valence electrons. The van der Waals surface area contributed by atoms with E-state index in [0.717, 1.165) is 37.0 Å². The number of carboxylic acid groups (broad SMARTS) is 1. The summed E-state index contributed by atoms with van der Waals surface area (Å²) >= 11 is 0. The summed E-state index contributed by atoms with van der Waals surface area (Å²) in [5.74, 6) is -0.0946. The van der Waals surface area contributed by atoms with Gasteiger partial charge in [0.25, 0.3) is 0 Å². The Balaban J connectivity index is 1.92. The summed E-state index contributed by atoms with van der Waals surface area (Å²) in [6, 6.07) is 7.75. The Bertz CT molecular complexity index is 694. The molecule has 1 saturated heterocycles. The number of benzene rings is 1. The van der Waals surface area contributed by atoms with Crippen molar-refractivity contribution >= 4 is 11.9 Å². The zero-order valence-corrected chi connectivity index (χ0v) is 16.2. The fraction of sp³-hybridized carbons (Fsp3) is 0.619. The lowest BCUT2D eigenvalue weighted by Gasteiger charge is -2.43. The summed E-state index contributed by atoms with van der Waals surface area (Å²) in [5, 5.41) is 9.80. The second-order valence-corrected chi connectivity index (χ2v) is 7.87. The molecule has 0 spiro atoms. The molecule has 3 rings (SSSR count). The molecule has 6 heteroatoms. The van der Waals surface area contributed by atoms with Crippen molar-refractivity contribution in [1.29, 1.82) is 0 Å². The van der Waals surface area contributed by atoms with Gasteiger partial charge in [0.1, 0.15) is 11.2 Å². The third-order valence-corrected chi connectivity index (χ3v) is 6.23. The fourth-order valence-corrected chi connectivity index (χ4v) is 4.76. The summed E-state index contributed by atoms with van der Waals surface area (Å²) in [7, 11) is 3.14. The van der Waals surface area contributed by atoms with Crippen LogP contribution >= 0.6 is 0 Å². The van der Waals surface area contributed by atoms with E-state index in [1.54, 1.807) is 12.0 Å². The monoisotopic (exact) mass is 375 g/mol. The molecule has 27 heavy (non-hydrogen) atoms. The molecule has 0 aromatic heterocycles. The van der Waals surface area contributed by atoms with E-state index in [2.05, 4.69) is 0 Å². The number of rotatable bonds is 6. The summed E-state index contributed by atoms with van der Waals surface area (Å²) < 4.78 is 10.6. The van der Waals surface area contributed by atoms with Crippen LogP contribution in [0.4, 0.5) is 0 Å². The topological polar surface area (TPSA) is 76.1 Å². The molecule has 1 unspecified atom stereocenters. The summed E-state index contributed by atoms with van der Waals surface area (Å²) in [6.07, 6.45) is 4.79. The van der Waals surface area contributed by atoms with Crippen LogP contribution in [0.25, 0.3) is 0 Å². The zero-order valence-electron chi connectivity index (χ0n) is 16.2. The predicted octanol–water partition coefficient (Wildman–Crippen LogP) is 2.85. The maximum absolute atomic E-state index is 13.7. The summed E-state index contributed by atoms with van der Waals surface area (Å²) in [6.45, 7) is 0.933. The van der Waals surface area contributed by atoms with Crippen molar-refractivity contribution in [1.82, 2.24) is 4.90 Å². The van der Waals surface area contributed by atoms with Crippen molar-refractivity contribution in [3.63, 3.8) is 0 Å². The number of carboxylic acids is 1. The SMILES string of the molecule is COCC1(C(=O)O)CCCN(C(=O)C2(c3cccc(OC)c3)CCCC2)C1. The molecule has 6 nitrogen and oxygen atoms in total. The number of methoxy groups -OCH3 is 2. The number of carbonyl (C=O) groups excluding carboxylic acids is 1. The first kappa shape index (κ1) is 19.7. The maximum atomic E-state index is 13.7. The van der Waals surface area contributed by atoms with Gasteiger partial charge in [-0.2, -0.15) is 0 Å². The predicted molar refractivity (Wildman–Crippen MR) is 101 cm³/mol. The largest absolute Gasteiger partial charge is 0.497 e. The van der Waals surface area contributed by atoms with Crippen LogP contribution in [0.2, 0.25) is 0 Å². The van der Waals surface area contributed by atoms with E-state index < -0.39 is 16.8 Å². The fourth-order valence-electron chi connectivity index (χ4n) is 4.76. The van der Waals surface area contributed by atoms with E-state index in [4.69, 9.17) is 9.47 Å². The maximum Gasteiger partial charge on any atom is 0.313 e. The Morgan fingerprint density at radius 3 is 2.52 bits per heavy atom. The second-order valence-electron chi connectivity index (χ2n) is 7.87. The number of carbonyl (C=O) groups is 2. The molecule has 1 aromatic carbocycles. The molecule has 2 fully saturated rings. The van der Waals surface area contributed by atoms with Crippen molar-refractivity contribution in [2.75, 3.05) is 33.9 Å². The van der Waals surface area contributed by atoms with Gasteiger partial charge in [0, 0.05) is 20.2 Å². The lowest BCUT2D eigenvalue weighted by Crippen LogP contribution is -2.56. The molecular weight excluding hydrogens is 346 g/mol. The number of ether oxygens (including phenoxy) is 2. The highest BCUT2D eigenvalue weighted by Gasteiger charge is 2.50. The van der Waals surface area contributed by atoms with Gasteiger partial charge < -0.3 is 19.5 Å². The number of piperidine rings is 1. The highest BCUT2D eigenvalue weighted by molar-refractivity contribution is 5.89. The molecule has 1 aromatic rings. The molecule has 1 aliphatic carbocycles. The number of aliphatic carboxylic acids is 1. The van der Waals surface area contributed by atoms with E-state index in [0.29, 0.717) is 19.4 Å². The van der Waals surface area contributed by atoms with Gasteiger partial charge >= 0.3 is 5.97 Å². The smallest absolute Gasteiger partial charge is 0.313 e. The summed E-state index contributed by atoms with van der Waals surface area (Å²) in [4.78, 5) is 27.4. The van der Waals surface area contributed by atoms with Gasteiger partial charge in [-0.25, -0.2) is 0 Å². The van der Waals surface area contributed by atoms with Crippen molar-refractivity contribution in [3.05, 3.63) is 29.8 Å². The third kappa shape index (κ3) is 3.55. The molecule has 2 aliphatic rings. The normalized spacial score (nSPS) is 24.6. The highest BCUT2D eigenvalue weighted by atomic mass is 16.5. The van der Waals surface area contributed by atoms with Gasteiger partial charge in [-0.05, 0) is 43.4 Å². The van der Waals surface area contributed by atoms with Crippen LogP contribution in [0.15, 0.2) is 24.3 Å². The van der Waals surface area contributed by atoms with Crippen LogP contribution in [0.1, 0.15) is 44.1 Å². The second kappa shape index (κ2) is 7.89. The van der Waals surface area contributed by atoms with E-state index >= 15 is 0 Å². The average Bonchev–Trinajstić information content (AvgIpc) is 3.19. The molecule has 1 heterocycles. The van der Waals surface area contributed by atoms with Gasteiger partial charge in [0.2, 0.25) is 5.91 Å². The van der Waals surface area contributed by atoms with Crippen molar-refractivity contribution in [3.8, 4) is 5.75 Å². The van der Waals surface area contributed by atoms with Crippen LogP contribution in [-0.4, -0.2) is 55.8 Å². The van der Waals surface area contributed by atoms with Crippen LogP contribution in [0.3, 0.4) is 0 Å². The third-order valence-electron chi connectivity index (χ3n) is 6.23. The van der Waals surface area contributed by atoms with E-state index in [9.17, 15) is 14.7 Å². The number of nitrogens with zero attached hydrogens (tertiary/aromatic N) is 1. The quantitative estimate of drug-likeness (QED) is 0.827. The minimum absolute atomic E-state index is 0.0506. The minimum Gasteiger partial charge on any atom is -0.497 e. The standard InChI is InChI=1S/C21H29NO5/c1-26-15-20(19(24)25)9-6-12-22(14-20)18(23)21(10-3-4-11-21)16-7-5-8-17(13-16)27-2/h5,7-8,13H,3-4,6,9-12,14-15H2,1-2H3,(H,24,25). The number of likely N-dealkylation sites (tertiary alicyclic amines) is 1. The Morgan fingerprint density at radius 2 is 1.89 bits per heavy atom. The van der Waals surface area contributed by atoms with Crippen LogP contribution in [-0.2, 0) is 19.7 Å². The van der Waals surface area contributed by atoms with Gasteiger partial charge in [0.15, 0.2) is 0 Å². The van der Waals surface area contributed by atoms with Crippen LogP contribution in [0.5, 0.6) is 5.75 Å². The lowest BCUT2D eigenvalue weighted by atomic mass is 9.75. The van der Waals surface area contributed by atoms with Crippen molar-refractivity contribution in [2.45, 2.75) is 43.9 Å². The highest BCUT2D eigenvalue weighted by Crippen LogP contribution is 2.45. The first-order valence-electron chi connectivity index (χ1n) is 9.64. The molecule has 1 saturated carbocycles. The Labute approximate surface area is 160 Å². The number of hydrogen-bond acceptors (Lipinski definition) is 4. The van der Waals surface area contributed by atoms with E-state index in [1.807, 2.05) is 24.3 Å². The Kier molecular flexibility index (Phi) is 5.75. The molecule has 0 radical (unpaired) electrons. The first-order valence-corrected chi connectivity index (χ1v) is 9.64. The molecule has 0 bridgehead atoms. The summed E-state index contributed by atoms with van der Waals surface area (Å²) in [5.41, 5.74) is -0.623. The number of amides is 1. The van der Waals surface area contributed by atoms with Crippen molar-refractivity contribution < 1.29 is 24.2 Å². The van der Waals surface area contributed by atoms with Crippen molar-refractivity contribution in [2.24, 2.45) is 5.41 Å². The molecule has 1 atom stereocenters. The Morgan fingerprint density at radius 1 is 1.15 bits per heavy atom. The average molecular weight is 375 g/mol. The number of hydrogen-bond donors (Lipinski definition) is 1. The lowest BCUT2D eigenvalue weighted by molar-refractivity contribution is -0.160. The molecule has 1 amide bonds. The van der Waals surface area contributed by atoms with E-state index in [-0.39, 0.29) is 19.1 Å². The van der Waals surface area contributed by atoms with E-state index in [1.165, 1.54) is 7.11 Å². The van der Waals surface area contributed by atoms with Gasteiger partial charge in [-0.3, -0.25) is 9.59 Å². The van der Waals surface area contributed by atoms with Gasteiger partial charge in [0.05, 0.1) is 19.1 Å². The Hall–Kier alpha value is -2.08. The molecular formula is C21H29NO5. The zero-order chi connectivity index (χ0) is 19.5. The minimum atomic E-state index is -1.02. The van der Waals surface area contributed by atoms with Crippen LogP contribution < -0.4 is 4.74 Å².